The Labute approximate surface area is 315 Å². The van der Waals surface area contributed by atoms with Gasteiger partial charge in [0.05, 0.1) is 32.0 Å². The van der Waals surface area contributed by atoms with Crippen molar-refractivity contribution in [3.05, 3.63) is 18.2 Å². The van der Waals surface area contributed by atoms with Gasteiger partial charge in [0.25, 0.3) is 0 Å². The number of carbonyl (C=O) groups excluding carboxylic acids is 6. The molecule has 1 rings (SSSR count). The number of carbonyl (C=O) groups is 8. The van der Waals surface area contributed by atoms with E-state index in [1.165, 1.54) is 19.4 Å². The minimum atomic E-state index is -1.68. The average molecular weight is 785 g/mol. The molecule has 6 amide bonds. The van der Waals surface area contributed by atoms with Crippen LogP contribution in [-0.4, -0.2) is 146 Å². The van der Waals surface area contributed by atoms with Gasteiger partial charge in [-0.05, 0) is 32.1 Å². The number of carboxylic acid groups (broad SMARTS) is 2. The Morgan fingerprint density at radius 2 is 1.27 bits per heavy atom. The van der Waals surface area contributed by atoms with Gasteiger partial charge in [-0.3, -0.25) is 38.6 Å². The van der Waals surface area contributed by atoms with Crippen molar-refractivity contribution < 1.29 is 58.8 Å². The third-order valence-corrected chi connectivity index (χ3v) is 7.63. The van der Waals surface area contributed by atoms with E-state index in [1.54, 1.807) is 13.8 Å². The molecule has 0 fully saturated rings. The number of aromatic nitrogens is 2. The Balaban J connectivity index is 3.25. The molecule has 308 valence electrons. The highest BCUT2D eigenvalue weighted by Gasteiger charge is 2.33. The molecule has 0 aliphatic heterocycles. The molecular formula is C31H52N12O12. The fraction of sp³-hybridized carbons (Fsp3) is 0.613. The molecular weight excluding hydrogens is 732 g/mol. The minimum Gasteiger partial charge on any atom is -0.481 e. The normalized spacial score (nSPS) is 14.7. The van der Waals surface area contributed by atoms with E-state index >= 15 is 0 Å². The zero-order valence-electron chi connectivity index (χ0n) is 30.6. The van der Waals surface area contributed by atoms with Crippen molar-refractivity contribution in [2.24, 2.45) is 28.1 Å². The lowest BCUT2D eigenvalue weighted by atomic mass is 10.0. The Morgan fingerprint density at radius 1 is 0.745 bits per heavy atom. The maximum absolute atomic E-state index is 13.7. The smallest absolute Gasteiger partial charge is 0.328 e. The van der Waals surface area contributed by atoms with Crippen molar-refractivity contribution in [3.63, 3.8) is 0 Å². The Kier molecular flexibility index (Phi) is 20.3. The van der Waals surface area contributed by atoms with Crippen LogP contribution in [0.3, 0.4) is 0 Å². The van der Waals surface area contributed by atoms with Crippen LogP contribution >= 0.6 is 0 Å². The van der Waals surface area contributed by atoms with Crippen LogP contribution in [0, 0.1) is 5.92 Å². The molecule has 1 aromatic rings. The number of aliphatic hydroxyl groups excluding tert-OH is 2. The molecule has 0 aromatic carbocycles. The lowest BCUT2D eigenvalue weighted by Gasteiger charge is -2.27. The summed E-state index contributed by atoms with van der Waals surface area (Å²) < 4.78 is 0. The summed E-state index contributed by atoms with van der Waals surface area (Å²) in [5.74, 6) is -9.02. The lowest BCUT2D eigenvalue weighted by molar-refractivity contribution is -0.143. The maximum Gasteiger partial charge on any atom is 0.328 e. The standard InChI is InChI=1S/C31H52N12O12/c1-14(2)7-19(27(51)41-20(8-16-10-35-13-37-16)28(52)43-22(12-45)30(54)55)40-26(50)18(5-4-6-36-31(33)34)39-29(53)21(11-44)42-24(48)15(3)38-25(49)17(32)9-23(46)47/h10,13-15,17-22,44-45H,4-9,11-12,32H2,1-3H3,(H,35,37)(H,38,49)(H,39,53)(H,40,50)(H,41,51)(H,42,48)(H,43,52)(H,46,47)(H,54,55)(H4,33,34,36)/t15-,17-,18-,19-,20-,21-,22-/m0/s1. The molecule has 1 heterocycles. The molecule has 24 heteroatoms. The van der Waals surface area contributed by atoms with Crippen LogP contribution in [0.5, 0.6) is 0 Å². The van der Waals surface area contributed by atoms with Crippen LogP contribution in [0.15, 0.2) is 17.5 Å². The monoisotopic (exact) mass is 784 g/mol. The van der Waals surface area contributed by atoms with Gasteiger partial charge in [0, 0.05) is 24.9 Å². The first-order valence-corrected chi connectivity index (χ1v) is 17.1. The predicted molar refractivity (Wildman–Crippen MR) is 191 cm³/mol. The number of hydrogen-bond acceptors (Lipinski definition) is 13. The number of nitrogens with one attached hydrogen (secondary N) is 7. The third-order valence-electron chi connectivity index (χ3n) is 7.63. The third kappa shape index (κ3) is 17.7. The summed E-state index contributed by atoms with van der Waals surface area (Å²) in [5, 5.41) is 51.5. The number of amides is 6. The molecule has 0 saturated heterocycles. The Hall–Kier alpha value is -5.88. The predicted octanol–water partition coefficient (Wildman–Crippen LogP) is -6.15. The van der Waals surface area contributed by atoms with E-state index < -0.39 is 109 Å². The van der Waals surface area contributed by atoms with Gasteiger partial charge in [-0.25, -0.2) is 9.78 Å². The number of aliphatic imine (C=N–C) groups is 1. The zero-order chi connectivity index (χ0) is 41.8. The first kappa shape index (κ1) is 47.1. The van der Waals surface area contributed by atoms with Crippen molar-refractivity contribution in [1.29, 1.82) is 0 Å². The Bertz CT molecular complexity index is 1500. The highest BCUT2D eigenvalue weighted by atomic mass is 16.4. The summed E-state index contributed by atoms with van der Waals surface area (Å²) >= 11 is 0. The average Bonchev–Trinajstić information content (AvgIpc) is 3.62. The molecule has 1 aromatic heterocycles. The number of aromatic amines is 1. The SMILES string of the molecule is CC(C)C[C@H](NC(=O)[C@H](CCCN=C(N)N)NC(=O)[C@H](CO)NC(=O)[C@H](C)NC(=O)[C@@H](N)CC(=O)O)C(=O)N[C@@H](Cc1cnc[nH]1)C(=O)N[C@@H](CO)C(=O)O. The number of rotatable bonds is 25. The second kappa shape index (κ2) is 23.7. The number of aliphatic hydroxyl groups is 2. The molecule has 0 radical (unpaired) electrons. The molecule has 0 saturated carbocycles. The Morgan fingerprint density at radius 3 is 1.80 bits per heavy atom. The maximum atomic E-state index is 13.7. The van der Waals surface area contributed by atoms with Crippen molar-refractivity contribution in [1.82, 2.24) is 41.9 Å². The van der Waals surface area contributed by atoms with Gasteiger partial charge in [-0.2, -0.15) is 0 Å². The number of imidazole rings is 1. The van der Waals surface area contributed by atoms with E-state index in [1.807, 2.05) is 0 Å². The van der Waals surface area contributed by atoms with E-state index in [0.29, 0.717) is 5.69 Å². The van der Waals surface area contributed by atoms with Gasteiger partial charge in [-0.15, -0.1) is 0 Å². The topological polar surface area (TPSA) is 409 Å². The van der Waals surface area contributed by atoms with Crippen molar-refractivity contribution in [2.45, 2.75) is 95.2 Å². The number of guanidine groups is 1. The number of nitrogens with two attached hydrogens (primary N) is 3. The summed E-state index contributed by atoms with van der Waals surface area (Å²) in [6.07, 6.45) is 1.80. The largest absolute Gasteiger partial charge is 0.481 e. The van der Waals surface area contributed by atoms with Gasteiger partial charge >= 0.3 is 11.9 Å². The van der Waals surface area contributed by atoms with Crippen LogP contribution in [-0.2, 0) is 44.8 Å². The second-order valence-corrected chi connectivity index (χ2v) is 12.8. The van der Waals surface area contributed by atoms with Crippen molar-refractivity contribution >= 4 is 53.3 Å². The molecule has 17 N–H and O–H groups in total. The minimum absolute atomic E-state index is 0.0219. The van der Waals surface area contributed by atoms with Crippen molar-refractivity contribution in [3.8, 4) is 0 Å². The molecule has 0 aliphatic rings. The number of nitrogens with zero attached hydrogens (tertiary/aromatic N) is 2. The highest BCUT2D eigenvalue weighted by molar-refractivity contribution is 5.97. The van der Waals surface area contributed by atoms with Gasteiger partial charge in [0.15, 0.2) is 5.96 Å². The second-order valence-electron chi connectivity index (χ2n) is 12.8. The first-order chi connectivity index (χ1) is 25.8. The first-order valence-electron chi connectivity index (χ1n) is 17.1. The van der Waals surface area contributed by atoms with Gasteiger partial charge in [0.2, 0.25) is 35.4 Å². The number of aliphatic carboxylic acids is 2. The summed E-state index contributed by atoms with van der Waals surface area (Å²) in [6, 6.07) is -10.3. The fourth-order valence-electron chi connectivity index (χ4n) is 4.73. The van der Waals surface area contributed by atoms with Crippen LogP contribution in [0.2, 0.25) is 0 Å². The molecule has 0 aliphatic carbocycles. The van der Waals surface area contributed by atoms with Crippen LogP contribution < -0.4 is 49.1 Å². The molecule has 0 bridgehead atoms. The lowest BCUT2D eigenvalue weighted by Crippen LogP contribution is -2.60. The molecule has 0 unspecified atom stereocenters. The van der Waals surface area contributed by atoms with Crippen LogP contribution in [0.4, 0.5) is 0 Å². The van der Waals surface area contributed by atoms with E-state index in [9.17, 15) is 53.7 Å². The van der Waals surface area contributed by atoms with Gasteiger partial charge in [-0.1, -0.05) is 13.8 Å². The number of H-pyrrole nitrogens is 1. The quantitative estimate of drug-likeness (QED) is 0.0249. The fourth-order valence-corrected chi connectivity index (χ4v) is 4.73. The van der Waals surface area contributed by atoms with Crippen molar-refractivity contribution in [2.75, 3.05) is 19.8 Å². The molecule has 0 spiro atoms. The van der Waals surface area contributed by atoms with E-state index in [-0.39, 0.29) is 44.1 Å². The van der Waals surface area contributed by atoms with E-state index in [4.69, 9.17) is 22.3 Å². The zero-order valence-corrected chi connectivity index (χ0v) is 30.6. The van der Waals surface area contributed by atoms with Crippen LogP contribution in [0.25, 0.3) is 0 Å². The number of carboxylic acids is 2. The number of hydrogen-bond donors (Lipinski definition) is 14. The van der Waals surface area contributed by atoms with E-state index in [0.717, 1.165) is 0 Å². The van der Waals surface area contributed by atoms with Gasteiger partial charge < -0.3 is 74.5 Å². The highest BCUT2D eigenvalue weighted by Crippen LogP contribution is 2.09. The van der Waals surface area contributed by atoms with E-state index in [2.05, 4.69) is 46.9 Å². The molecule has 55 heavy (non-hydrogen) atoms. The summed E-state index contributed by atoms with van der Waals surface area (Å²) in [6.45, 7) is 2.82. The molecule has 7 atom stereocenters. The van der Waals surface area contributed by atoms with Gasteiger partial charge in [0.1, 0.15) is 36.3 Å². The summed E-state index contributed by atoms with van der Waals surface area (Å²) in [5.41, 5.74) is 16.6. The van der Waals surface area contributed by atoms with Crippen LogP contribution in [0.1, 0.15) is 52.1 Å². The summed E-state index contributed by atoms with van der Waals surface area (Å²) in [7, 11) is 0. The summed E-state index contributed by atoms with van der Waals surface area (Å²) in [4.78, 5) is 111. The molecule has 24 nitrogen and oxygen atoms in total.